The molecule has 1 atom stereocenters. The van der Waals surface area contributed by atoms with E-state index in [-0.39, 0.29) is 80.6 Å². The van der Waals surface area contributed by atoms with Crippen molar-refractivity contribution in [3.63, 3.8) is 0 Å². The third-order valence-electron chi connectivity index (χ3n) is 8.55. The summed E-state index contributed by atoms with van der Waals surface area (Å²) in [5, 5.41) is 11.8. The number of imide groups is 1. The molecule has 18 heteroatoms. The molecule has 0 bridgehead atoms. The Bertz CT molecular complexity index is 2200. The molecule has 2 aromatic heterocycles. The standard InChI is InChI=1S/C36H32Cl2F2N4O9S/c1-20-3-2-4-23(41-20)11-12-54(49,50)42-24-8-9-25-26(14-24)35(47)44(34(25)46)18-33(45)52-31(15-27-28(37)16-43(48)17-29(27)38)22-7-10-30(53-36(39)40)32(13-22)51-19-21-5-6-21/h2-4,7-10,13-14,16-17,21,31,36,42H,5-6,11-12,15,18-19H2,1H3/t31-/m0/s1. The average Bonchev–Trinajstić information content (AvgIpc) is 3.91. The van der Waals surface area contributed by atoms with Gasteiger partial charge >= 0.3 is 12.6 Å². The van der Waals surface area contributed by atoms with Crippen molar-refractivity contribution >= 4 is 56.7 Å². The molecule has 0 radical (unpaired) electrons. The smallest absolute Gasteiger partial charge is 0.387 e. The van der Waals surface area contributed by atoms with E-state index in [9.17, 15) is 36.8 Å². The first-order valence-electron chi connectivity index (χ1n) is 16.6. The molecule has 0 saturated heterocycles. The number of nitrogens with one attached hydrogen (secondary N) is 1. The highest BCUT2D eigenvalue weighted by atomic mass is 35.5. The lowest BCUT2D eigenvalue weighted by molar-refractivity contribution is -0.605. The van der Waals surface area contributed by atoms with Gasteiger partial charge < -0.3 is 19.4 Å². The van der Waals surface area contributed by atoms with Gasteiger partial charge in [0.1, 0.15) is 22.7 Å². The lowest BCUT2D eigenvalue weighted by atomic mass is 10.0. The van der Waals surface area contributed by atoms with Crippen molar-refractivity contribution in [2.24, 2.45) is 5.92 Å². The number of rotatable bonds is 16. The van der Waals surface area contributed by atoms with Crippen LogP contribution in [0, 0.1) is 18.0 Å². The fourth-order valence-electron chi connectivity index (χ4n) is 5.69. The van der Waals surface area contributed by atoms with Crippen molar-refractivity contribution in [3.05, 3.63) is 116 Å². The van der Waals surface area contributed by atoms with Crippen LogP contribution in [0.2, 0.25) is 10.0 Å². The van der Waals surface area contributed by atoms with Gasteiger partial charge in [0, 0.05) is 35.5 Å². The maximum absolute atomic E-state index is 13.5. The van der Waals surface area contributed by atoms with Gasteiger partial charge in [-0.1, -0.05) is 35.3 Å². The highest BCUT2D eigenvalue weighted by molar-refractivity contribution is 7.92. The lowest BCUT2D eigenvalue weighted by Crippen LogP contribution is -2.36. The van der Waals surface area contributed by atoms with E-state index in [0.29, 0.717) is 15.3 Å². The van der Waals surface area contributed by atoms with Crippen LogP contribution in [-0.4, -0.2) is 61.6 Å². The lowest BCUT2D eigenvalue weighted by Gasteiger charge is -2.22. The highest BCUT2D eigenvalue weighted by Crippen LogP contribution is 2.38. The molecule has 2 aromatic carbocycles. The number of nitrogens with zero attached hydrogens (tertiary/aromatic N) is 3. The van der Waals surface area contributed by atoms with Crippen LogP contribution in [0.25, 0.3) is 0 Å². The number of ether oxygens (including phenoxy) is 3. The van der Waals surface area contributed by atoms with Crippen LogP contribution < -0.4 is 18.9 Å². The number of fused-ring (bicyclic) bond motifs is 1. The molecule has 54 heavy (non-hydrogen) atoms. The molecule has 2 amide bonds. The van der Waals surface area contributed by atoms with Crippen molar-refractivity contribution in [3.8, 4) is 11.5 Å². The van der Waals surface area contributed by atoms with E-state index in [1.54, 1.807) is 25.1 Å². The number of benzene rings is 2. The summed E-state index contributed by atoms with van der Waals surface area (Å²) in [6.45, 7) is -1.97. The average molecular weight is 806 g/mol. The van der Waals surface area contributed by atoms with Gasteiger partial charge in [-0.25, -0.2) is 8.42 Å². The fraction of sp³-hybridized carbons (Fsp3) is 0.306. The number of aromatic nitrogens is 2. The van der Waals surface area contributed by atoms with E-state index in [0.717, 1.165) is 30.9 Å². The number of carbonyl (C=O) groups is 3. The van der Waals surface area contributed by atoms with Crippen LogP contribution in [0.5, 0.6) is 11.5 Å². The van der Waals surface area contributed by atoms with Gasteiger partial charge in [-0.3, -0.25) is 29.0 Å². The molecule has 284 valence electrons. The first kappa shape index (κ1) is 38.7. The second-order valence-electron chi connectivity index (χ2n) is 12.7. The van der Waals surface area contributed by atoms with Crippen LogP contribution in [-0.2, 0) is 32.4 Å². The van der Waals surface area contributed by atoms with Crippen molar-refractivity contribution in [2.75, 3.05) is 23.6 Å². The summed E-state index contributed by atoms with van der Waals surface area (Å²) in [7, 11) is -3.88. The van der Waals surface area contributed by atoms with E-state index in [4.69, 9.17) is 32.7 Å². The zero-order chi connectivity index (χ0) is 38.7. The van der Waals surface area contributed by atoms with Crippen molar-refractivity contribution in [1.82, 2.24) is 9.88 Å². The summed E-state index contributed by atoms with van der Waals surface area (Å²) < 4.78 is 71.1. The highest BCUT2D eigenvalue weighted by Gasteiger charge is 2.38. The van der Waals surface area contributed by atoms with E-state index in [2.05, 4.69) is 14.4 Å². The number of hydrogen-bond donors (Lipinski definition) is 1. The topological polar surface area (TPSA) is 168 Å². The van der Waals surface area contributed by atoms with Gasteiger partial charge in [-0.05, 0) is 73.7 Å². The van der Waals surface area contributed by atoms with E-state index >= 15 is 0 Å². The minimum Gasteiger partial charge on any atom is -0.619 e. The van der Waals surface area contributed by atoms with E-state index in [1.165, 1.54) is 36.4 Å². The molecular formula is C36H32Cl2F2N4O9S. The predicted octanol–water partition coefficient (Wildman–Crippen LogP) is 5.83. The molecule has 6 rings (SSSR count). The Morgan fingerprint density at radius 1 is 1.04 bits per heavy atom. The Morgan fingerprint density at radius 2 is 1.76 bits per heavy atom. The van der Waals surface area contributed by atoms with Crippen LogP contribution in [0.4, 0.5) is 14.5 Å². The first-order valence-corrected chi connectivity index (χ1v) is 19.0. The number of aryl methyl sites for hydroxylation is 2. The Labute approximate surface area is 318 Å². The summed E-state index contributed by atoms with van der Waals surface area (Å²) in [4.78, 5) is 45.2. The number of halogens is 4. The number of alkyl halides is 2. The molecule has 1 N–H and O–H groups in total. The Kier molecular flexibility index (Phi) is 11.5. The zero-order valence-corrected chi connectivity index (χ0v) is 30.8. The maximum Gasteiger partial charge on any atom is 0.387 e. The quantitative estimate of drug-likeness (QED) is 0.0630. The SMILES string of the molecule is Cc1cccc(CCS(=O)(=O)Nc2ccc3c(c2)C(=O)N(CC(=O)O[C@@H](Cc2c(Cl)c[n+]([O-])cc2Cl)c2ccc(OC(F)F)c(OCC4CC4)c2)C3=O)n1. The third kappa shape index (κ3) is 9.53. The number of esters is 1. The number of pyridine rings is 2. The zero-order valence-electron chi connectivity index (χ0n) is 28.5. The van der Waals surface area contributed by atoms with Gasteiger partial charge in [-0.15, -0.1) is 0 Å². The second kappa shape index (κ2) is 16.1. The van der Waals surface area contributed by atoms with Crippen LogP contribution in [0.3, 0.4) is 0 Å². The molecule has 0 unspecified atom stereocenters. The van der Waals surface area contributed by atoms with Crippen molar-refractivity contribution < 1.29 is 50.5 Å². The first-order chi connectivity index (χ1) is 25.7. The normalized spacial score (nSPS) is 14.6. The molecule has 1 aliphatic carbocycles. The fourth-order valence-corrected chi connectivity index (χ4v) is 7.36. The Balaban J connectivity index is 1.19. The minimum absolute atomic E-state index is 0.0339. The monoisotopic (exact) mass is 804 g/mol. The number of amides is 2. The maximum atomic E-state index is 13.5. The second-order valence-corrected chi connectivity index (χ2v) is 15.4. The number of anilines is 1. The van der Waals surface area contributed by atoms with E-state index < -0.39 is 47.1 Å². The third-order valence-corrected chi connectivity index (χ3v) is 10.5. The minimum atomic E-state index is -3.88. The van der Waals surface area contributed by atoms with Gasteiger partial charge in [0.25, 0.3) is 11.8 Å². The van der Waals surface area contributed by atoms with Gasteiger partial charge in [0.15, 0.2) is 23.9 Å². The Morgan fingerprint density at radius 3 is 2.44 bits per heavy atom. The van der Waals surface area contributed by atoms with Crippen LogP contribution >= 0.6 is 23.2 Å². The molecule has 1 saturated carbocycles. The number of hydrogen-bond acceptors (Lipinski definition) is 10. The largest absolute Gasteiger partial charge is 0.619 e. The molecule has 2 aliphatic rings. The molecule has 4 aromatic rings. The van der Waals surface area contributed by atoms with Gasteiger partial charge in [0.05, 0.1) is 23.5 Å². The van der Waals surface area contributed by atoms with Crippen molar-refractivity contribution in [2.45, 2.75) is 45.3 Å². The van der Waals surface area contributed by atoms with Gasteiger partial charge in [0.2, 0.25) is 10.0 Å². The number of sulfonamides is 1. The number of carbonyl (C=O) groups excluding carboxylic acids is 3. The summed E-state index contributed by atoms with van der Waals surface area (Å²) in [5.41, 5.74) is 1.62. The summed E-state index contributed by atoms with van der Waals surface area (Å²) in [5.74, 6) is -3.07. The molecule has 13 nitrogen and oxygen atoms in total. The molecule has 1 aliphatic heterocycles. The molecule has 3 heterocycles. The summed E-state index contributed by atoms with van der Waals surface area (Å²) in [6.07, 6.45) is 2.59. The molecule has 0 spiro atoms. The molecule has 1 fully saturated rings. The van der Waals surface area contributed by atoms with Crippen molar-refractivity contribution in [1.29, 1.82) is 0 Å². The van der Waals surface area contributed by atoms with E-state index in [1.807, 2.05) is 0 Å². The Hall–Kier alpha value is -5.06. The summed E-state index contributed by atoms with van der Waals surface area (Å²) >= 11 is 12.6. The van der Waals surface area contributed by atoms with Gasteiger partial charge in [-0.2, -0.15) is 13.5 Å². The predicted molar refractivity (Wildman–Crippen MR) is 191 cm³/mol. The summed E-state index contributed by atoms with van der Waals surface area (Å²) in [6, 6.07) is 13.0. The van der Waals surface area contributed by atoms with Crippen LogP contribution in [0.15, 0.2) is 67.0 Å². The molecular weight excluding hydrogens is 773 g/mol. The van der Waals surface area contributed by atoms with Crippen LogP contribution in [0.1, 0.15) is 62.2 Å².